The van der Waals surface area contributed by atoms with Crippen molar-refractivity contribution in [1.29, 1.82) is 0 Å². The number of hydrogen-bond acceptors (Lipinski definition) is 9. The third-order valence-electron chi connectivity index (χ3n) is 2.58. The molecule has 0 aliphatic rings. The standard InChI is InChI=1S/C13H30O11P2/c1-4-5-21-25(14,15)23-10-7-19-12-13(2)20-8-11-24-26(16,17)22-9-6-18-3/h13H,4-12H2,1-3H3,(H,14,15)(H,16,17). The Balaban J connectivity index is 3.64. The molecule has 0 saturated heterocycles. The Hall–Kier alpha value is 0.1000. The normalized spacial score (nSPS) is 17.6. The van der Waals surface area contributed by atoms with Crippen LogP contribution in [0.4, 0.5) is 0 Å². The Kier molecular flexibility index (Phi) is 15.1. The van der Waals surface area contributed by atoms with Gasteiger partial charge in [0.1, 0.15) is 0 Å². The van der Waals surface area contributed by atoms with E-state index in [-0.39, 0.29) is 59.0 Å². The Morgan fingerprint density at radius 3 is 1.85 bits per heavy atom. The molecule has 158 valence electrons. The van der Waals surface area contributed by atoms with Crippen LogP contribution in [0.2, 0.25) is 0 Å². The van der Waals surface area contributed by atoms with Crippen LogP contribution in [0.15, 0.2) is 0 Å². The number of rotatable bonds is 18. The maximum atomic E-state index is 11.4. The van der Waals surface area contributed by atoms with Crippen LogP contribution in [0, 0.1) is 0 Å². The van der Waals surface area contributed by atoms with Gasteiger partial charge in [0.25, 0.3) is 0 Å². The summed E-state index contributed by atoms with van der Waals surface area (Å²) in [6.07, 6.45) is 0.289. The maximum absolute atomic E-state index is 11.4. The second kappa shape index (κ2) is 15.1. The van der Waals surface area contributed by atoms with E-state index in [0.717, 1.165) is 0 Å². The highest BCUT2D eigenvalue weighted by molar-refractivity contribution is 7.47. The molecule has 0 bridgehead atoms. The molecule has 0 aromatic carbocycles. The Morgan fingerprint density at radius 1 is 0.808 bits per heavy atom. The summed E-state index contributed by atoms with van der Waals surface area (Å²) in [6, 6.07) is 0. The molecule has 3 atom stereocenters. The fourth-order valence-corrected chi connectivity index (χ4v) is 2.91. The molecule has 0 amide bonds. The SMILES string of the molecule is CCCOP(=O)(O)OCCOCC(C)OCCOP(=O)(O)OCCOC. The van der Waals surface area contributed by atoms with E-state index >= 15 is 0 Å². The Bertz CT molecular complexity index is 434. The molecular formula is C13H30O11P2. The summed E-state index contributed by atoms with van der Waals surface area (Å²) >= 11 is 0. The molecule has 0 radical (unpaired) electrons. The van der Waals surface area contributed by atoms with E-state index in [4.69, 9.17) is 18.5 Å². The van der Waals surface area contributed by atoms with Crippen molar-refractivity contribution in [2.24, 2.45) is 0 Å². The van der Waals surface area contributed by atoms with Crippen LogP contribution in [0.5, 0.6) is 0 Å². The molecule has 0 heterocycles. The van der Waals surface area contributed by atoms with Crippen LogP contribution in [0.1, 0.15) is 20.3 Å². The smallest absolute Gasteiger partial charge is 0.382 e. The lowest BCUT2D eigenvalue weighted by Gasteiger charge is -2.16. The summed E-state index contributed by atoms with van der Waals surface area (Å²) in [6.45, 7) is 3.94. The monoisotopic (exact) mass is 424 g/mol. The van der Waals surface area contributed by atoms with Crippen molar-refractivity contribution in [3.63, 3.8) is 0 Å². The largest absolute Gasteiger partial charge is 0.472 e. The lowest BCUT2D eigenvalue weighted by Crippen LogP contribution is -2.20. The second-order valence-electron chi connectivity index (χ2n) is 5.02. The summed E-state index contributed by atoms with van der Waals surface area (Å²) in [5.41, 5.74) is 0. The first-order valence-corrected chi connectivity index (χ1v) is 11.1. The van der Waals surface area contributed by atoms with Gasteiger partial charge in [-0.1, -0.05) is 6.92 Å². The molecule has 0 aromatic rings. The first kappa shape index (κ1) is 26.1. The van der Waals surface area contributed by atoms with E-state index in [1.165, 1.54) is 7.11 Å². The van der Waals surface area contributed by atoms with Crippen molar-refractivity contribution in [2.75, 3.05) is 60.0 Å². The van der Waals surface area contributed by atoms with Gasteiger partial charge in [-0.15, -0.1) is 0 Å². The van der Waals surface area contributed by atoms with Crippen molar-refractivity contribution in [3.05, 3.63) is 0 Å². The summed E-state index contributed by atoms with van der Waals surface area (Å²) in [5.74, 6) is 0. The zero-order valence-electron chi connectivity index (χ0n) is 15.4. The molecule has 0 aliphatic carbocycles. The lowest BCUT2D eigenvalue weighted by molar-refractivity contribution is -0.0260. The molecule has 0 spiro atoms. The van der Waals surface area contributed by atoms with E-state index in [2.05, 4.69) is 13.8 Å². The topological polar surface area (TPSA) is 139 Å². The fraction of sp³-hybridized carbons (Fsp3) is 1.00. The third-order valence-corrected chi connectivity index (χ3v) is 4.61. The number of hydrogen-bond donors (Lipinski definition) is 2. The van der Waals surface area contributed by atoms with E-state index < -0.39 is 15.6 Å². The molecule has 13 heteroatoms. The van der Waals surface area contributed by atoms with Crippen LogP contribution in [-0.2, 0) is 41.4 Å². The van der Waals surface area contributed by atoms with Crippen molar-refractivity contribution in [2.45, 2.75) is 26.4 Å². The van der Waals surface area contributed by atoms with Crippen LogP contribution < -0.4 is 0 Å². The summed E-state index contributed by atoms with van der Waals surface area (Å²) in [4.78, 5) is 18.6. The van der Waals surface area contributed by atoms with Gasteiger partial charge in [-0.05, 0) is 13.3 Å². The van der Waals surface area contributed by atoms with Gasteiger partial charge in [-0.2, -0.15) is 0 Å². The van der Waals surface area contributed by atoms with Gasteiger partial charge in [0, 0.05) is 7.11 Å². The molecule has 26 heavy (non-hydrogen) atoms. The molecule has 11 nitrogen and oxygen atoms in total. The molecule has 0 aliphatic heterocycles. The maximum Gasteiger partial charge on any atom is 0.472 e. The molecule has 3 unspecified atom stereocenters. The van der Waals surface area contributed by atoms with E-state index in [1.54, 1.807) is 6.92 Å². The van der Waals surface area contributed by atoms with Gasteiger partial charge in [0.05, 0.1) is 59.0 Å². The lowest BCUT2D eigenvalue weighted by atomic mass is 10.4. The van der Waals surface area contributed by atoms with E-state index in [0.29, 0.717) is 6.42 Å². The minimum Gasteiger partial charge on any atom is -0.382 e. The average Bonchev–Trinajstić information content (AvgIpc) is 2.57. The molecule has 2 N–H and O–H groups in total. The van der Waals surface area contributed by atoms with Crippen LogP contribution in [0.3, 0.4) is 0 Å². The van der Waals surface area contributed by atoms with Gasteiger partial charge >= 0.3 is 15.6 Å². The number of methoxy groups -OCH3 is 1. The van der Waals surface area contributed by atoms with Gasteiger partial charge in [-0.25, -0.2) is 9.13 Å². The number of phosphoric acid groups is 2. The molecule has 0 rings (SSSR count). The van der Waals surface area contributed by atoms with Crippen LogP contribution in [-0.4, -0.2) is 75.9 Å². The first-order chi connectivity index (χ1) is 12.2. The van der Waals surface area contributed by atoms with Crippen molar-refractivity contribution in [3.8, 4) is 0 Å². The minimum absolute atomic E-state index is 0.0539. The van der Waals surface area contributed by atoms with Crippen LogP contribution >= 0.6 is 15.6 Å². The molecule has 0 saturated carbocycles. The summed E-state index contributed by atoms with van der Waals surface area (Å²) < 4.78 is 56.8. The predicted molar refractivity (Wildman–Crippen MR) is 91.9 cm³/mol. The Morgan fingerprint density at radius 2 is 1.31 bits per heavy atom. The zero-order chi connectivity index (χ0) is 19.9. The highest BCUT2D eigenvalue weighted by Gasteiger charge is 2.21. The average molecular weight is 424 g/mol. The highest BCUT2D eigenvalue weighted by atomic mass is 31.2. The summed E-state index contributed by atoms with van der Waals surface area (Å²) in [5, 5.41) is 0. The Labute approximate surface area is 154 Å². The second-order valence-corrected chi connectivity index (χ2v) is 7.93. The van der Waals surface area contributed by atoms with Crippen LogP contribution in [0.25, 0.3) is 0 Å². The highest BCUT2D eigenvalue weighted by Crippen LogP contribution is 2.43. The third kappa shape index (κ3) is 16.3. The van der Waals surface area contributed by atoms with Crippen molar-refractivity contribution >= 4 is 15.6 Å². The van der Waals surface area contributed by atoms with E-state index in [1.807, 2.05) is 6.92 Å². The van der Waals surface area contributed by atoms with Gasteiger partial charge in [0.15, 0.2) is 0 Å². The number of ether oxygens (including phenoxy) is 3. The summed E-state index contributed by atoms with van der Waals surface area (Å²) in [7, 11) is -6.68. The zero-order valence-corrected chi connectivity index (χ0v) is 17.2. The van der Waals surface area contributed by atoms with Crippen molar-refractivity contribution < 1.29 is 51.2 Å². The number of phosphoric ester groups is 2. The van der Waals surface area contributed by atoms with E-state index in [9.17, 15) is 18.9 Å². The first-order valence-electron chi connectivity index (χ1n) is 8.14. The van der Waals surface area contributed by atoms with Gasteiger partial charge in [-0.3, -0.25) is 18.1 Å². The quantitative estimate of drug-likeness (QED) is 0.246. The predicted octanol–water partition coefficient (Wildman–Crippen LogP) is 1.73. The van der Waals surface area contributed by atoms with Gasteiger partial charge in [0.2, 0.25) is 0 Å². The minimum atomic E-state index is -4.11. The molecular weight excluding hydrogens is 394 g/mol. The fourth-order valence-electron chi connectivity index (χ4n) is 1.43. The molecule has 0 fully saturated rings. The van der Waals surface area contributed by atoms with Crippen molar-refractivity contribution in [1.82, 2.24) is 0 Å². The van der Waals surface area contributed by atoms with Gasteiger partial charge < -0.3 is 24.0 Å². The molecule has 0 aromatic heterocycles.